The largest absolute Gasteiger partial charge is 0.492 e. The van der Waals surface area contributed by atoms with Crippen LogP contribution in [0.25, 0.3) is 0 Å². The lowest BCUT2D eigenvalue weighted by atomic mass is 9.92. The molecule has 0 aliphatic rings. The average molecular weight is 366 g/mol. The quantitative estimate of drug-likeness (QED) is 0.773. The number of alkyl halides is 3. The van der Waals surface area contributed by atoms with E-state index >= 15 is 0 Å². The maximum absolute atomic E-state index is 13.1. The molecule has 3 N–H and O–H groups in total. The number of halogens is 3. The van der Waals surface area contributed by atoms with Crippen LogP contribution in [0.5, 0.6) is 5.75 Å². The first-order valence-electron chi connectivity index (χ1n) is 8.20. The van der Waals surface area contributed by atoms with Crippen LogP contribution in [-0.4, -0.2) is 19.1 Å². The Morgan fingerprint density at radius 3 is 2.42 bits per heavy atom. The van der Waals surface area contributed by atoms with Gasteiger partial charge in [0.1, 0.15) is 12.4 Å². The van der Waals surface area contributed by atoms with E-state index in [0.717, 1.165) is 6.07 Å². The van der Waals surface area contributed by atoms with Crippen molar-refractivity contribution >= 4 is 11.6 Å². The summed E-state index contributed by atoms with van der Waals surface area (Å²) in [5, 5.41) is 2.68. The third-order valence-corrected chi connectivity index (χ3v) is 3.81. The van der Waals surface area contributed by atoms with Gasteiger partial charge in [-0.25, -0.2) is 0 Å². The van der Waals surface area contributed by atoms with Crippen molar-refractivity contribution in [3.63, 3.8) is 0 Å². The second-order valence-corrected chi connectivity index (χ2v) is 5.90. The van der Waals surface area contributed by atoms with Crippen molar-refractivity contribution in [1.29, 1.82) is 0 Å². The maximum atomic E-state index is 13.1. The van der Waals surface area contributed by atoms with E-state index in [1.165, 1.54) is 12.1 Å². The summed E-state index contributed by atoms with van der Waals surface area (Å²) in [6.07, 6.45) is -4.50. The molecule has 2 aromatic rings. The summed E-state index contributed by atoms with van der Waals surface area (Å²) in [5.41, 5.74) is 5.30. The Morgan fingerprint density at radius 2 is 1.81 bits per heavy atom. The van der Waals surface area contributed by atoms with Gasteiger partial charge in [-0.3, -0.25) is 4.79 Å². The monoisotopic (exact) mass is 366 g/mol. The standard InChI is InChI=1S/C19H21F3N2O2/c1-13(16-4-2-3-5-17(16)19(20,21)22)12-18(25)24-14-6-8-15(9-7-14)26-11-10-23/h2-9,13H,10-12,23H2,1H3,(H,24,25). The Balaban J connectivity index is 2.00. The van der Waals surface area contributed by atoms with Crippen LogP contribution in [0.15, 0.2) is 48.5 Å². The molecule has 1 amide bonds. The number of nitrogens with two attached hydrogens (primary N) is 1. The highest BCUT2D eigenvalue weighted by Gasteiger charge is 2.34. The van der Waals surface area contributed by atoms with Gasteiger partial charge in [-0.05, 0) is 41.8 Å². The molecule has 0 saturated carbocycles. The minimum Gasteiger partial charge on any atom is -0.492 e. The Hall–Kier alpha value is -2.54. The summed E-state index contributed by atoms with van der Waals surface area (Å²) in [7, 11) is 0. The van der Waals surface area contributed by atoms with E-state index in [0.29, 0.717) is 24.6 Å². The van der Waals surface area contributed by atoms with Crippen molar-refractivity contribution in [1.82, 2.24) is 0 Å². The summed E-state index contributed by atoms with van der Waals surface area (Å²) in [5.74, 6) is -0.300. The first-order valence-corrected chi connectivity index (χ1v) is 8.20. The number of rotatable bonds is 7. The molecule has 1 atom stereocenters. The highest BCUT2D eigenvalue weighted by Crippen LogP contribution is 2.36. The van der Waals surface area contributed by atoms with Gasteiger partial charge in [0.15, 0.2) is 0 Å². The number of amides is 1. The molecule has 0 radical (unpaired) electrons. The van der Waals surface area contributed by atoms with Gasteiger partial charge in [0.2, 0.25) is 5.91 Å². The smallest absolute Gasteiger partial charge is 0.416 e. The minimum absolute atomic E-state index is 0.0570. The Kier molecular flexibility index (Phi) is 6.63. The summed E-state index contributed by atoms with van der Waals surface area (Å²) >= 11 is 0. The van der Waals surface area contributed by atoms with E-state index in [1.54, 1.807) is 37.3 Å². The van der Waals surface area contributed by atoms with Crippen molar-refractivity contribution < 1.29 is 22.7 Å². The predicted octanol–water partition coefficient (Wildman–Crippen LogP) is 4.18. The van der Waals surface area contributed by atoms with Gasteiger partial charge < -0.3 is 15.8 Å². The van der Waals surface area contributed by atoms with Crippen molar-refractivity contribution in [2.75, 3.05) is 18.5 Å². The van der Waals surface area contributed by atoms with Crippen molar-refractivity contribution in [3.05, 3.63) is 59.7 Å². The van der Waals surface area contributed by atoms with Crippen LogP contribution in [0.3, 0.4) is 0 Å². The van der Waals surface area contributed by atoms with E-state index in [1.807, 2.05) is 0 Å². The zero-order valence-corrected chi connectivity index (χ0v) is 14.3. The second kappa shape index (κ2) is 8.71. The molecule has 4 nitrogen and oxygen atoms in total. The highest BCUT2D eigenvalue weighted by atomic mass is 19.4. The van der Waals surface area contributed by atoms with E-state index < -0.39 is 17.7 Å². The molecular weight excluding hydrogens is 345 g/mol. The molecule has 2 aromatic carbocycles. The van der Waals surface area contributed by atoms with Crippen molar-refractivity contribution in [3.8, 4) is 5.75 Å². The third-order valence-electron chi connectivity index (χ3n) is 3.81. The van der Waals surface area contributed by atoms with Crippen molar-refractivity contribution in [2.24, 2.45) is 5.73 Å². The van der Waals surface area contributed by atoms with E-state index in [2.05, 4.69) is 5.32 Å². The lowest BCUT2D eigenvalue weighted by Gasteiger charge is -2.18. The molecule has 140 valence electrons. The van der Waals surface area contributed by atoms with Gasteiger partial charge in [-0.15, -0.1) is 0 Å². The molecule has 26 heavy (non-hydrogen) atoms. The lowest BCUT2D eigenvalue weighted by molar-refractivity contribution is -0.138. The molecule has 1 unspecified atom stereocenters. The van der Waals surface area contributed by atoms with Gasteiger partial charge in [0.25, 0.3) is 0 Å². The summed E-state index contributed by atoms with van der Waals surface area (Å²) < 4.78 is 44.6. The normalized spacial score (nSPS) is 12.5. The number of ether oxygens (including phenoxy) is 1. The predicted molar refractivity (Wildman–Crippen MR) is 94.1 cm³/mol. The number of hydrogen-bond acceptors (Lipinski definition) is 3. The highest BCUT2D eigenvalue weighted by molar-refractivity contribution is 5.91. The van der Waals surface area contributed by atoms with Crippen LogP contribution < -0.4 is 15.8 Å². The number of nitrogens with one attached hydrogen (secondary N) is 1. The fraction of sp³-hybridized carbons (Fsp3) is 0.316. The van der Waals surface area contributed by atoms with Crippen LogP contribution in [0.4, 0.5) is 18.9 Å². The van der Waals surface area contributed by atoms with Crippen LogP contribution in [-0.2, 0) is 11.0 Å². The molecule has 0 aromatic heterocycles. The fourth-order valence-electron chi connectivity index (χ4n) is 2.60. The summed E-state index contributed by atoms with van der Waals surface area (Å²) in [6.45, 7) is 2.39. The average Bonchev–Trinajstić information content (AvgIpc) is 2.60. The molecule has 0 saturated heterocycles. The number of benzene rings is 2. The lowest BCUT2D eigenvalue weighted by Crippen LogP contribution is -2.17. The van der Waals surface area contributed by atoms with Gasteiger partial charge >= 0.3 is 6.18 Å². The topological polar surface area (TPSA) is 64.3 Å². The molecule has 0 fully saturated rings. The Bertz CT molecular complexity index is 730. The van der Waals surface area contributed by atoms with E-state index in [4.69, 9.17) is 10.5 Å². The maximum Gasteiger partial charge on any atom is 0.416 e. The zero-order valence-electron chi connectivity index (χ0n) is 14.3. The van der Waals surface area contributed by atoms with Crippen LogP contribution >= 0.6 is 0 Å². The number of anilines is 1. The van der Waals surface area contributed by atoms with Crippen molar-refractivity contribution in [2.45, 2.75) is 25.4 Å². The first-order chi connectivity index (χ1) is 12.3. The Labute approximate surface area is 150 Å². The molecule has 0 aliphatic heterocycles. The molecular formula is C19H21F3N2O2. The molecule has 0 aliphatic carbocycles. The zero-order chi connectivity index (χ0) is 19.2. The van der Waals surface area contributed by atoms with E-state index in [9.17, 15) is 18.0 Å². The Morgan fingerprint density at radius 1 is 1.15 bits per heavy atom. The SMILES string of the molecule is CC(CC(=O)Nc1ccc(OCCN)cc1)c1ccccc1C(F)(F)F. The van der Waals surface area contributed by atoms with Gasteiger partial charge in [0.05, 0.1) is 5.56 Å². The van der Waals surface area contributed by atoms with Gasteiger partial charge in [0, 0.05) is 18.7 Å². The molecule has 0 bridgehead atoms. The molecule has 2 rings (SSSR count). The van der Waals surface area contributed by atoms with E-state index in [-0.39, 0.29) is 17.9 Å². The first kappa shape index (κ1) is 19.8. The molecule has 0 heterocycles. The number of carbonyl (C=O) groups excluding carboxylic acids is 1. The van der Waals surface area contributed by atoms with Gasteiger partial charge in [-0.1, -0.05) is 25.1 Å². The minimum atomic E-state index is -4.44. The summed E-state index contributed by atoms with van der Waals surface area (Å²) in [4.78, 5) is 12.2. The number of carbonyl (C=O) groups is 1. The second-order valence-electron chi connectivity index (χ2n) is 5.90. The fourth-order valence-corrected chi connectivity index (χ4v) is 2.60. The third kappa shape index (κ3) is 5.49. The van der Waals surface area contributed by atoms with Crippen LogP contribution in [0, 0.1) is 0 Å². The van der Waals surface area contributed by atoms with Crippen LogP contribution in [0.2, 0.25) is 0 Å². The number of hydrogen-bond donors (Lipinski definition) is 2. The van der Waals surface area contributed by atoms with Gasteiger partial charge in [-0.2, -0.15) is 13.2 Å². The molecule has 0 spiro atoms. The van der Waals surface area contributed by atoms with Crippen LogP contribution in [0.1, 0.15) is 30.4 Å². The summed E-state index contributed by atoms with van der Waals surface area (Å²) in [6, 6.07) is 12.0. The molecule has 7 heteroatoms.